The van der Waals surface area contributed by atoms with Crippen LogP contribution in [0.3, 0.4) is 0 Å². The average molecular weight is 276 g/mol. The zero-order valence-corrected chi connectivity index (χ0v) is 11.1. The number of thiazole rings is 1. The van der Waals surface area contributed by atoms with Crippen LogP contribution < -0.4 is 0 Å². The second-order valence-corrected chi connectivity index (χ2v) is 4.68. The Morgan fingerprint density at radius 1 is 1.53 bits per heavy atom. The Balaban J connectivity index is 2.37. The van der Waals surface area contributed by atoms with Crippen molar-refractivity contribution in [2.24, 2.45) is 0 Å². The van der Waals surface area contributed by atoms with E-state index in [0.717, 1.165) is 21.7 Å². The quantitative estimate of drug-likeness (QED) is 0.849. The summed E-state index contributed by atoms with van der Waals surface area (Å²) in [5.41, 5.74) is 1.48. The van der Waals surface area contributed by atoms with Crippen molar-refractivity contribution >= 4 is 23.4 Å². The van der Waals surface area contributed by atoms with Gasteiger partial charge in [-0.15, -0.1) is 11.3 Å². The van der Waals surface area contributed by atoms with E-state index in [9.17, 15) is 4.79 Å². The van der Waals surface area contributed by atoms with Crippen LogP contribution in [0.1, 0.15) is 10.6 Å². The molecule has 0 fully saturated rings. The Morgan fingerprint density at radius 2 is 2.37 bits per heavy atom. The lowest BCUT2D eigenvalue weighted by atomic mass is 10.3. The molecule has 0 saturated heterocycles. The molecule has 2 rings (SSSR count). The molecule has 0 amide bonds. The first-order chi connectivity index (χ1) is 9.20. The highest BCUT2D eigenvalue weighted by Gasteiger charge is 2.11. The number of methoxy groups -OCH3 is 1. The Labute approximate surface area is 114 Å². The molecule has 2 heterocycles. The number of aliphatic carboxylic acids is 1. The molecule has 0 bridgehead atoms. The zero-order chi connectivity index (χ0) is 13.7. The van der Waals surface area contributed by atoms with Crippen LogP contribution >= 0.6 is 11.3 Å². The van der Waals surface area contributed by atoms with E-state index in [2.05, 4.69) is 9.97 Å². The van der Waals surface area contributed by atoms with E-state index in [1.54, 1.807) is 13.3 Å². The van der Waals surface area contributed by atoms with Gasteiger partial charge in [-0.2, -0.15) is 0 Å². The number of carbonyl (C=O) groups is 1. The number of rotatable bonds is 5. The predicted octanol–water partition coefficient (Wildman–Crippen LogP) is 2.45. The summed E-state index contributed by atoms with van der Waals surface area (Å²) < 4.78 is 5.07. The molecule has 98 valence electrons. The van der Waals surface area contributed by atoms with Gasteiger partial charge in [-0.3, -0.25) is 4.98 Å². The van der Waals surface area contributed by atoms with Crippen LogP contribution in [0, 0.1) is 0 Å². The molecule has 0 spiro atoms. The van der Waals surface area contributed by atoms with Crippen molar-refractivity contribution < 1.29 is 14.6 Å². The number of carboxylic acid groups (broad SMARTS) is 1. The fourth-order valence-electron chi connectivity index (χ4n) is 1.48. The van der Waals surface area contributed by atoms with Gasteiger partial charge in [-0.05, 0) is 18.2 Å². The molecule has 2 aromatic heterocycles. The monoisotopic (exact) mass is 276 g/mol. The molecule has 6 heteroatoms. The van der Waals surface area contributed by atoms with E-state index in [-0.39, 0.29) is 0 Å². The fourth-order valence-corrected chi connectivity index (χ4v) is 2.43. The minimum Gasteiger partial charge on any atom is -0.478 e. The molecule has 0 aliphatic heterocycles. The highest BCUT2D eigenvalue weighted by molar-refractivity contribution is 7.16. The molecular formula is C13H12N2O3S. The third-order valence-electron chi connectivity index (χ3n) is 2.27. The van der Waals surface area contributed by atoms with E-state index in [4.69, 9.17) is 9.84 Å². The van der Waals surface area contributed by atoms with Gasteiger partial charge >= 0.3 is 5.97 Å². The van der Waals surface area contributed by atoms with Crippen molar-refractivity contribution in [1.82, 2.24) is 9.97 Å². The van der Waals surface area contributed by atoms with Gasteiger partial charge in [0.05, 0.1) is 22.9 Å². The lowest BCUT2D eigenvalue weighted by Crippen LogP contribution is -1.91. The van der Waals surface area contributed by atoms with Crippen LogP contribution in [-0.2, 0) is 16.1 Å². The summed E-state index contributed by atoms with van der Waals surface area (Å²) in [5.74, 6) is -0.990. The molecule has 2 aromatic rings. The third kappa shape index (κ3) is 3.46. The van der Waals surface area contributed by atoms with Crippen LogP contribution in [0.15, 0.2) is 30.5 Å². The van der Waals surface area contributed by atoms with Gasteiger partial charge in [0.2, 0.25) is 0 Å². The zero-order valence-electron chi connectivity index (χ0n) is 10.2. The van der Waals surface area contributed by atoms with Crippen molar-refractivity contribution in [1.29, 1.82) is 0 Å². The highest BCUT2D eigenvalue weighted by Crippen LogP contribution is 2.28. The van der Waals surface area contributed by atoms with Crippen molar-refractivity contribution in [3.05, 3.63) is 41.0 Å². The van der Waals surface area contributed by atoms with Gasteiger partial charge in [0, 0.05) is 19.4 Å². The summed E-state index contributed by atoms with van der Waals surface area (Å²) in [6.45, 7) is 0.336. The van der Waals surface area contributed by atoms with Crippen LogP contribution in [-0.4, -0.2) is 28.2 Å². The first kappa shape index (κ1) is 13.4. The number of ether oxygens (including phenoxy) is 1. The number of nitrogens with zero attached hydrogens (tertiary/aromatic N) is 2. The van der Waals surface area contributed by atoms with Crippen LogP contribution in [0.25, 0.3) is 16.8 Å². The summed E-state index contributed by atoms with van der Waals surface area (Å²) >= 11 is 1.39. The number of hydrogen-bond donors (Lipinski definition) is 1. The first-order valence-corrected chi connectivity index (χ1v) is 6.33. The van der Waals surface area contributed by atoms with Gasteiger partial charge in [0.15, 0.2) is 0 Å². The van der Waals surface area contributed by atoms with Crippen LogP contribution in [0.4, 0.5) is 0 Å². The standard InChI is InChI=1S/C13H12N2O3S/c1-18-8-10-11(5-6-12(16)17)19-13(15-10)9-4-2-3-7-14-9/h2-7H,8H2,1H3,(H,16,17)/b6-5+. The topological polar surface area (TPSA) is 72.3 Å². The second-order valence-electron chi connectivity index (χ2n) is 3.65. The van der Waals surface area contributed by atoms with Crippen molar-refractivity contribution in [2.75, 3.05) is 7.11 Å². The van der Waals surface area contributed by atoms with Crippen LogP contribution in [0.2, 0.25) is 0 Å². The Bertz CT molecular complexity index is 593. The lowest BCUT2D eigenvalue weighted by molar-refractivity contribution is -0.131. The molecule has 0 radical (unpaired) electrons. The largest absolute Gasteiger partial charge is 0.478 e. The maximum absolute atomic E-state index is 10.6. The summed E-state index contributed by atoms with van der Waals surface area (Å²) in [5, 5.41) is 9.42. The summed E-state index contributed by atoms with van der Waals surface area (Å²) in [6.07, 6.45) is 4.31. The van der Waals surface area contributed by atoms with Crippen molar-refractivity contribution in [3.63, 3.8) is 0 Å². The van der Waals surface area contributed by atoms with Gasteiger partial charge < -0.3 is 9.84 Å². The highest BCUT2D eigenvalue weighted by atomic mass is 32.1. The third-order valence-corrected chi connectivity index (χ3v) is 3.36. The average Bonchev–Trinajstić information content (AvgIpc) is 2.81. The molecule has 0 atom stereocenters. The van der Waals surface area contributed by atoms with E-state index in [0.29, 0.717) is 12.3 Å². The predicted molar refractivity (Wildman–Crippen MR) is 72.7 cm³/mol. The number of aromatic nitrogens is 2. The van der Waals surface area contributed by atoms with Gasteiger partial charge in [-0.1, -0.05) is 6.07 Å². The minimum atomic E-state index is -0.990. The van der Waals surface area contributed by atoms with Gasteiger partial charge in [-0.25, -0.2) is 9.78 Å². The van der Waals surface area contributed by atoms with E-state index < -0.39 is 5.97 Å². The van der Waals surface area contributed by atoms with E-state index in [1.807, 2.05) is 18.2 Å². The lowest BCUT2D eigenvalue weighted by Gasteiger charge is -1.94. The number of carboxylic acids is 1. The molecule has 1 N–H and O–H groups in total. The smallest absolute Gasteiger partial charge is 0.328 e. The summed E-state index contributed by atoms with van der Waals surface area (Å²) in [4.78, 5) is 20.0. The number of hydrogen-bond acceptors (Lipinski definition) is 5. The Morgan fingerprint density at radius 3 is 3.00 bits per heavy atom. The van der Waals surface area contributed by atoms with Crippen LogP contribution in [0.5, 0.6) is 0 Å². The second kappa shape index (κ2) is 6.21. The number of pyridine rings is 1. The molecular weight excluding hydrogens is 264 g/mol. The molecule has 0 aliphatic carbocycles. The molecule has 0 saturated carbocycles. The Hall–Kier alpha value is -2.05. The summed E-state index contributed by atoms with van der Waals surface area (Å²) in [7, 11) is 1.57. The molecule has 0 unspecified atom stereocenters. The molecule has 0 aromatic carbocycles. The SMILES string of the molecule is COCc1nc(-c2ccccn2)sc1/C=C/C(=O)O. The maximum atomic E-state index is 10.6. The van der Waals surface area contributed by atoms with E-state index >= 15 is 0 Å². The molecule has 19 heavy (non-hydrogen) atoms. The van der Waals surface area contributed by atoms with Gasteiger partial charge in [0.1, 0.15) is 5.01 Å². The van der Waals surface area contributed by atoms with Crippen molar-refractivity contribution in [2.45, 2.75) is 6.61 Å². The normalized spacial score (nSPS) is 11.0. The van der Waals surface area contributed by atoms with Crippen molar-refractivity contribution in [3.8, 4) is 10.7 Å². The molecule has 0 aliphatic rings. The minimum absolute atomic E-state index is 0.336. The first-order valence-electron chi connectivity index (χ1n) is 5.51. The van der Waals surface area contributed by atoms with Gasteiger partial charge in [0.25, 0.3) is 0 Å². The fraction of sp³-hybridized carbons (Fsp3) is 0.154. The van der Waals surface area contributed by atoms with E-state index in [1.165, 1.54) is 17.4 Å². The summed E-state index contributed by atoms with van der Waals surface area (Å²) in [6, 6.07) is 5.57. The molecule has 5 nitrogen and oxygen atoms in total. The maximum Gasteiger partial charge on any atom is 0.328 e. The Kier molecular flexibility index (Phi) is 4.38.